The second-order valence-corrected chi connectivity index (χ2v) is 11.3. The number of hydrogen-bond donors (Lipinski definition) is 2. The summed E-state index contributed by atoms with van der Waals surface area (Å²) in [6, 6.07) is 0.509. The third-order valence-corrected chi connectivity index (χ3v) is 8.12. The molecule has 1 aliphatic carbocycles. The SMILES string of the molecule is Nc1c(S(=O)(=O)[O-])cc2c3c(c(=O)oc2c1S(=O)(=O)O)CCC3C(CC(=O)[O-])S(=O)(=O)[O-].[Na+].[Na+].[Na+]. The monoisotopic (exact) mass is 579 g/mol. The van der Waals surface area contributed by atoms with E-state index in [1.165, 1.54) is 0 Å². The van der Waals surface area contributed by atoms with Crippen molar-refractivity contribution in [2.24, 2.45) is 0 Å². The van der Waals surface area contributed by atoms with Gasteiger partial charge >= 0.3 is 94.3 Å². The summed E-state index contributed by atoms with van der Waals surface area (Å²) in [5.41, 5.74) is 1.25. The van der Waals surface area contributed by atoms with E-state index in [4.69, 9.17) is 10.2 Å². The Bertz CT molecular complexity index is 1550. The Hall–Kier alpha value is 0.430. The van der Waals surface area contributed by atoms with E-state index < -0.39 is 91.5 Å². The number of fused-ring (bicyclic) bond motifs is 3. The predicted octanol–water partition coefficient (Wildman–Crippen LogP) is -11.4. The maximum atomic E-state index is 12.4. The Labute approximate surface area is 265 Å². The zero-order valence-corrected chi connectivity index (χ0v) is 27.0. The minimum atomic E-state index is -5.47. The molecule has 0 bridgehead atoms. The average Bonchev–Trinajstić information content (AvgIpc) is 3.01. The number of carbonyl (C=O) groups is 1. The topological polar surface area (TPSA) is 265 Å². The van der Waals surface area contributed by atoms with E-state index in [2.05, 4.69) is 0 Å². The molecule has 2 aromatic rings. The van der Waals surface area contributed by atoms with Crippen LogP contribution in [0, 0.1) is 0 Å². The van der Waals surface area contributed by atoms with Gasteiger partial charge in [0.2, 0.25) is 0 Å². The van der Waals surface area contributed by atoms with Gasteiger partial charge in [0.05, 0.1) is 26.0 Å². The predicted molar refractivity (Wildman–Crippen MR) is 98.8 cm³/mol. The first-order valence-corrected chi connectivity index (χ1v) is 12.8. The van der Waals surface area contributed by atoms with Crippen LogP contribution in [0.15, 0.2) is 25.1 Å². The summed E-state index contributed by atoms with van der Waals surface area (Å²) in [7, 11) is -16.2. The summed E-state index contributed by atoms with van der Waals surface area (Å²) in [6.45, 7) is 0. The van der Waals surface area contributed by atoms with Gasteiger partial charge in [-0.25, -0.2) is 21.6 Å². The van der Waals surface area contributed by atoms with Crippen LogP contribution in [0.5, 0.6) is 0 Å². The first-order valence-electron chi connectivity index (χ1n) is 8.44. The fourth-order valence-electron chi connectivity index (χ4n) is 3.91. The molecule has 0 fully saturated rings. The van der Waals surface area contributed by atoms with Crippen molar-refractivity contribution in [3.8, 4) is 0 Å². The summed E-state index contributed by atoms with van der Waals surface area (Å²) >= 11 is 0. The van der Waals surface area contributed by atoms with Crippen LogP contribution >= 0.6 is 0 Å². The summed E-state index contributed by atoms with van der Waals surface area (Å²) in [5, 5.41) is 8.22. The molecule has 1 aliphatic rings. The molecule has 20 heteroatoms. The minimum Gasteiger partial charge on any atom is -0.748 e. The summed E-state index contributed by atoms with van der Waals surface area (Å²) in [4.78, 5) is 20.7. The van der Waals surface area contributed by atoms with Gasteiger partial charge in [-0.2, -0.15) is 8.42 Å². The van der Waals surface area contributed by atoms with Gasteiger partial charge in [0.1, 0.15) is 10.1 Å². The maximum absolute atomic E-state index is 12.4. The van der Waals surface area contributed by atoms with Crippen LogP contribution in [0.25, 0.3) is 11.0 Å². The van der Waals surface area contributed by atoms with Crippen LogP contribution in [0.2, 0.25) is 0 Å². The molecule has 3 N–H and O–H groups in total. The largest absolute Gasteiger partial charge is 1.00 e. The third-order valence-electron chi connectivity index (χ3n) is 5.08. The Morgan fingerprint density at radius 3 is 2.11 bits per heavy atom. The fraction of sp³-hybridized carbons (Fsp3) is 0.333. The Morgan fingerprint density at radius 1 is 1.14 bits per heavy atom. The van der Waals surface area contributed by atoms with E-state index in [9.17, 15) is 53.6 Å². The molecule has 176 valence electrons. The third kappa shape index (κ3) is 7.10. The molecule has 0 saturated carbocycles. The van der Waals surface area contributed by atoms with E-state index in [-0.39, 0.29) is 107 Å². The smallest absolute Gasteiger partial charge is 0.748 e. The molecule has 0 amide bonds. The van der Waals surface area contributed by atoms with Gasteiger partial charge in [-0.1, -0.05) is 0 Å². The molecule has 0 spiro atoms. The average molecular weight is 579 g/mol. The van der Waals surface area contributed by atoms with Crippen LogP contribution in [0.4, 0.5) is 5.69 Å². The van der Waals surface area contributed by atoms with Crippen LogP contribution < -0.4 is 105 Å². The first kappa shape index (κ1) is 35.4. The maximum Gasteiger partial charge on any atom is 1.00 e. The van der Waals surface area contributed by atoms with Crippen molar-refractivity contribution in [1.29, 1.82) is 0 Å². The van der Waals surface area contributed by atoms with E-state index in [1.807, 2.05) is 0 Å². The molecule has 3 rings (SSSR count). The van der Waals surface area contributed by atoms with Crippen molar-refractivity contribution >= 4 is 53.0 Å². The molecule has 2 unspecified atom stereocenters. The van der Waals surface area contributed by atoms with Crippen molar-refractivity contribution in [2.75, 3.05) is 5.73 Å². The summed E-state index contributed by atoms with van der Waals surface area (Å²) in [5.74, 6) is -3.45. The summed E-state index contributed by atoms with van der Waals surface area (Å²) in [6.07, 6.45) is -1.82. The molecule has 14 nitrogen and oxygen atoms in total. The number of aliphatic carboxylic acids is 1. The normalized spacial score (nSPS) is 16.4. The Kier molecular flexibility index (Phi) is 12.2. The Morgan fingerprint density at radius 2 is 1.69 bits per heavy atom. The molecule has 2 atom stereocenters. The van der Waals surface area contributed by atoms with Crippen LogP contribution in [0.1, 0.15) is 29.9 Å². The molecule has 0 aliphatic heterocycles. The van der Waals surface area contributed by atoms with Crippen molar-refractivity contribution < 1.29 is 142 Å². The van der Waals surface area contributed by atoms with Crippen LogP contribution in [-0.2, 0) is 41.6 Å². The summed E-state index contributed by atoms with van der Waals surface area (Å²) < 4.78 is 108. The fourth-order valence-corrected chi connectivity index (χ4v) is 6.39. The molecule has 35 heavy (non-hydrogen) atoms. The molecule has 1 aromatic carbocycles. The Balaban J connectivity index is 0.00000385. The van der Waals surface area contributed by atoms with E-state index in [0.29, 0.717) is 6.07 Å². The number of anilines is 1. The van der Waals surface area contributed by atoms with Crippen LogP contribution in [0.3, 0.4) is 0 Å². The van der Waals surface area contributed by atoms with Gasteiger partial charge < -0.3 is 29.2 Å². The van der Waals surface area contributed by atoms with Gasteiger partial charge in [-0.05, 0) is 24.5 Å². The molecule has 1 heterocycles. The molecular weight excluding hydrogens is 567 g/mol. The zero-order chi connectivity index (χ0) is 24.4. The van der Waals surface area contributed by atoms with Crippen molar-refractivity contribution in [3.05, 3.63) is 27.6 Å². The molecular formula is C15H12NNa3O13S3. The molecule has 0 saturated heterocycles. The van der Waals surface area contributed by atoms with E-state index in [1.54, 1.807) is 0 Å². The minimum absolute atomic E-state index is 0. The standard InChI is InChI=1S/C15H15NO13S3.3Na/c16-12-9(31(23,24)25)3-7-11-5(8(4-10(17)18)30(20,21)22)1-2-6(11)15(19)29-13(7)14(12)32(26,27)28;;;/h3,5,8H,1-2,4,16H2,(H,17,18)(H,20,21,22)(H,23,24,25)(H,26,27,28);;;/q;3*+1/p-3. The van der Waals surface area contributed by atoms with Gasteiger partial charge in [0.15, 0.2) is 10.5 Å². The second kappa shape index (κ2) is 12.1. The van der Waals surface area contributed by atoms with Gasteiger partial charge in [-0.3, -0.25) is 4.55 Å². The number of carboxylic acids is 1. The van der Waals surface area contributed by atoms with E-state index >= 15 is 0 Å². The zero-order valence-electron chi connectivity index (χ0n) is 18.5. The molecule has 0 radical (unpaired) electrons. The number of carbonyl (C=O) groups excluding carboxylic acids is 1. The molecule has 1 aromatic heterocycles. The number of nitrogens with two attached hydrogens (primary N) is 1. The van der Waals surface area contributed by atoms with Crippen molar-refractivity contribution in [1.82, 2.24) is 0 Å². The number of rotatable bonds is 6. The number of benzene rings is 1. The van der Waals surface area contributed by atoms with Crippen molar-refractivity contribution in [3.63, 3.8) is 0 Å². The van der Waals surface area contributed by atoms with Gasteiger partial charge in [-0.15, -0.1) is 0 Å². The van der Waals surface area contributed by atoms with E-state index in [0.717, 1.165) is 0 Å². The second-order valence-electron chi connectivity index (χ2n) is 6.96. The number of carboxylic acid groups (broad SMARTS) is 1. The van der Waals surface area contributed by atoms with Gasteiger partial charge in [0.25, 0.3) is 10.1 Å². The first-order chi connectivity index (χ1) is 14.4. The van der Waals surface area contributed by atoms with Crippen LogP contribution in [-0.4, -0.2) is 50.1 Å². The number of nitrogen functional groups attached to an aromatic ring is 1. The quantitative estimate of drug-likeness (QED) is 0.139. The van der Waals surface area contributed by atoms with Gasteiger partial charge in [0, 0.05) is 29.3 Å². The number of hydrogen-bond acceptors (Lipinski definition) is 13. The van der Waals surface area contributed by atoms with Crippen molar-refractivity contribution in [2.45, 2.75) is 40.2 Å².